The SMILES string of the molecule is CCCCCCCCCCCCCCCCCC(=O)NCc1ccc(O)c(OC)c1.COc1cc(CN)ccc1O.Cl. The van der Waals surface area contributed by atoms with Gasteiger partial charge in [0.1, 0.15) is 0 Å². The fraction of sp³-hybridized carbons (Fsp3) is 0.618. The van der Waals surface area contributed by atoms with Gasteiger partial charge in [-0.2, -0.15) is 0 Å². The van der Waals surface area contributed by atoms with Gasteiger partial charge in [-0.15, -0.1) is 12.4 Å². The molecule has 0 fully saturated rings. The number of hydrogen-bond donors (Lipinski definition) is 4. The van der Waals surface area contributed by atoms with Crippen molar-refractivity contribution in [3.05, 3.63) is 47.5 Å². The number of phenolic OH excluding ortho intramolecular Hbond substituents is 2. The Labute approximate surface area is 261 Å². The van der Waals surface area contributed by atoms with Crippen LogP contribution in [0.5, 0.6) is 23.0 Å². The molecule has 42 heavy (non-hydrogen) atoms. The van der Waals surface area contributed by atoms with Crippen LogP contribution in [0.25, 0.3) is 0 Å². The monoisotopic (exact) mass is 608 g/mol. The molecule has 0 bridgehead atoms. The number of hydrogen-bond acceptors (Lipinski definition) is 6. The predicted molar refractivity (Wildman–Crippen MR) is 176 cm³/mol. The standard InChI is InChI=1S/C26H45NO3.C8H11NO2.ClH/c1-3-4-5-6-7-8-9-10-11-12-13-14-15-16-17-18-26(29)27-22-23-19-20-24(28)25(21-23)30-2;1-11-8-4-6(5-9)2-3-7(8)10;/h19-21,28H,3-18,22H2,1-2H3,(H,27,29);2-4,10H,5,9H2,1H3;1H. The van der Waals surface area contributed by atoms with Crippen LogP contribution in [0.4, 0.5) is 0 Å². The zero-order valence-electron chi connectivity index (χ0n) is 26.3. The fourth-order valence-electron chi connectivity index (χ4n) is 4.63. The Bertz CT molecular complexity index is 958. The number of halogens is 1. The van der Waals surface area contributed by atoms with E-state index in [-0.39, 0.29) is 29.8 Å². The fourth-order valence-corrected chi connectivity index (χ4v) is 4.63. The number of methoxy groups -OCH3 is 2. The minimum absolute atomic E-state index is 0. The Morgan fingerprint density at radius 3 is 1.52 bits per heavy atom. The van der Waals surface area contributed by atoms with E-state index in [9.17, 15) is 9.90 Å². The van der Waals surface area contributed by atoms with Gasteiger partial charge in [0.2, 0.25) is 5.91 Å². The molecular weight excluding hydrogens is 552 g/mol. The Morgan fingerprint density at radius 2 is 1.10 bits per heavy atom. The maximum atomic E-state index is 12.0. The molecule has 7 nitrogen and oxygen atoms in total. The molecule has 2 aromatic rings. The number of aromatic hydroxyl groups is 2. The van der Waals surface area contributed by atoms with Gasteiger partial charge in [-0.1, -0.05) is 109 Å². The molecule has 5 N–H and O–H groups in total. The van der Waals surface area contributed by atoms with Gasteiger partial charge >= 0.3 is 0 Å². The Morgan fingerprint density at radius 1 is 0.690 bits per heavy atom. The number of carbonyl (C=O) groups excluding carboxylic acids is 1. The van der Waals surface area contributed by atoms with Gasteiger partial charge in [0.05, 0.1) is 14.2 Å². The van der Waals surface area contributed by atoms with Crippen molar-refractivity contribution >= 4 is 18.3 Å². The number of carbonyl (C=O) groups is 1. The van der Waals surface area contributed by atoms with Crippen molar-refractivity contribution in [1.29, 1.82) is 0 Å². The number of nitrogens with one attached hydrogen (secondary N) is 1. The lowest BCUT2D eigenvalue weighted by Gasteiger charge is -2.08. The third-order valence-electron chi connectivity index (χ3n) is 7.22. The molecular formula is C34H57ClN2O5. The smallest absolute Gasteiger partial charge is 0.220 e. The van der Waals surface area contributed by atoms with E-state index in [1.165, 1.54) is 97.7 Å². The molecule has 0 saturated heterocycles. The molecule has 0 aromatic heterocycles. The Hall–Kier alpha value is -2.64. The molecule has 0 radical (unpaired) electrons. The lowest BCUT2D eigenvalue weighted by molar-refractivity contribution is -0.121. The summed E-state index contributed by atoms with van der Waals surface area (Å²) in [7, 11) is 3.03. The summed E-state index contributed by atoms with van der Waals surface area (Å²) in [6.07, 6.45) is 20.6. The van der Waals surface area contributed by atoms with Crippen LogP contribution < -0.4 is 20.5 Å². The van der Waals surface area contributed by atoms with Crippen LogP contribution in [0.3, 0.4) is 0 Å². The van der Waals surface area contributed by atoms with E-state index in [4.69, 9.17) is 20.3 Å². The second-order valence-electron chi connectivity index (χ2n) is 10.7. The first-order valence-electron chi connectivity index (χ1n) is 15.6. The van der Waals surface area contributed by atoms with Crippen LogP contribution in [0.2, 0.25) is 0 Å². The van der Waals surface area contributed by atoms with Gasteiger partial charge in [0.25, 0.3) is 0 Å². The van der Waals surface area contributed by atoms with Crippen molar-refractivity contribution in [2.45, 2.75) is 123 Å². The molecule has 0 unspecified atom stereocenters. The third-order valence-corrected chi connectivity index (χ3v) is 7.22. The van der Waals surface area contributed by atoms with Crippen LogP contribution in [0, 0.1) is 0 Å². The average molecular weight is 609 g/mol. The summed E-state index contributed by atoms with van der Waals surface area (Å²) in [6, 6.07) is 10.2. The van der Waals surface area contributed by atoms with E-state index in [2.05, 4.69) is 12.2 Å². The molecule has 240 valence electrons. The zero-order valence-corrected chi connectivity index (χ0v) is 27.1. The first-order valence-corrected chi connectivity index (χ1v) is 15.6. The predicted octanol–water partition coefficient (Wildman–Crippen LogP) is 8.56. The molecule has 2 rings (SSSR count). The van der Waals surface area contributed by atoms with E-state index < -0.39 is 0 Å². The van der Waals surface area contributed by atoms with E-state index in [1.807, 2.05) is 0 Å². The second kappa shape index (κ2) is 26.0. The van der Waals surface area contributed by atoms with Gasteiger partial charge in [-0.05, 0) is 41.8 Å². The number of rotatable bonds is 21. The maximum Gasteiger partial charge on any atom is 0.220 e. The van der Waals surface area contributed by atoms with Crippen LogP contribution >= 0.6 is 12.4 Å². The summed E-state index contributed by atoms with van der Waals surface area (Å²) in [5.74, 6) is 1.25. The van der Waals surface area contributed by atoms with Crippen LogP contribution in [-0.4, -0.2) is 30.3 Å². The maximum absolute atomic E-state index is 12.0. The summed E-state index contributed by atoms with van der Waals surface area (Å²) in [4.78, 5) is 12.0. The molecule has 0 spiro atoms. The van der Waals surface area contributed by atoms with Crippen molar-refractivity contribution in [1.82, 2.24) is 5.32 Å². The summed E-state index contributed by atoms with van der Waals surface area (Å²) >= 11 is 0. The largest absolute Gasteiger partial charge is 0.504 e. The molecule has 0 heterocycles. The van der Waals surface area contributed by atoms with Crippen LogP contribution in [0.1, 0.15) is 121 Å². The summed E-state index contributed by atoms with van der Waals surface area (Å²) in [5.41, 5.74) is 7.26. The Kier molecular flexibility index (Phi) is 24.4. The molecule has 0 aliphatic heterocycles. The highest BCUT2D eigenvalue weighted by Gasteiger charge is 2.05. The van der Waals surface area contributed by atoms with E-state index in [0.717, 1.165) is 24.0 Å². The summed E-state index contributed by atoms with van der Waals surface area (Å²) in [5, 5.41) is 21.7. The minimum Gasteiger partial charge on any atom is -0.504 e. The highest BCUT2D eigenvalue weighted by molar-refractivity contribution is 5.85. The zero-order chi connectivity index (χ0) is 30.1. The normalized spacial score (nSPS) is 10.3. The number of nitrogens with two attached hydrogens (primary N) is 1. The minimum atomic E-state index is 0. The van der Waals surface area contributed by atoms with Gasteiger partial charge in [0, 0.05) is 19.5 Å². The van der Waals surface area contributed by atoms with Gasteiger partial charge in [-0.3, -0.25) is 4.79 Å². The number of unbranched alkanes of at least 4 members (excludes halogenated alkanes) is 14. The molecule has 0 atom stereocenters. The lowest BCUT2D eigenvalue weighted by Crippen LogP contribution is -2.22. The van der Waals surface area contributed by atoms with Crippen molar-refractivity contribution in [2.75, 3.05) is 14.2 Å². The quantitative estimate of drug-likeness (QED) is 0.106. The van der Waals surface area contributed by atoms with Gasteiger partial charge < -0.3 is 30.7 Å². The molecule has 2 aromatic carbocycles. The molecule has 0 saturated carbocycles. The average Bonchev–Trinajstić information content (AvgIpc) is 2.99. The van der Waals surface area contributed by atoms with E-state index >= 15 is 0 Å². The topological polar surface area (TPSA) is 114 Å². The molecule has 1 amide bonds. The first kappa shape index (κ1) is 39.4. The number of amides is 1. The van der Waals surface area contributed by atoms with Crippen molar-refractivity contribution in [3.8, 4) is 23.0 Å². The van der Waals surface area contributed by atoms with Crippen molar-refractivity contribution in [2.24, 2.45) is 5.73 Å². The molecule has 8 heteroatoms. The second-order valence-corrected chi connectivity index (χ2v) is 10.7. The third kappa shape index (κ3) is 18.7. The molecule has 0 aliphatic rings. The number of ether oxygens (including phenoxy) is 2. The van der Waals surface area contributed by atoms with Crippen molar-refractivity contribution < 1.29 is 24.5 Å². The molecule has 0 aliphatic carbocycles. The van der Waals surface area contributed by atoms with Crippen LogP contribution in [-0.2, 0) is 17.9 Å². The Balaban J connectivity index is 0.00000117. The highest BCUT2D eigenvalue weighted by atomic mass is 35.5. The number of benzene rings is 2. The summed E-state index contributed by atoms with van der Waals surface area (Å²) in [6.45, 7) is 3.20. The van der Waals surface area contributed by atoms with Gasteiger partial charge in [0.15, 0.2) is 23.0 Å². The van der Waals surface area contributed by atoms with Gasteiger partial charge in [-0.25, -0.2) is 0 Å². The number of phenols is 2. The van der Waals surface area contributed by atoms with E-state index in [1.54, 1.807) is 36.4 Å². The summed E-state index contributed by atoms with van der Waals surface area (Å²) < 4.78 is 9.97. The highest BCUT2D eigenvalue weighted by Crippen LogP contribution is 2.26. The van der Waals surface area contributed by atoms with Crippen LogP contribution in [0.15, 0.2) is 36.4 Å². The van der Waals surface area contributed by atoms with E-state index in [0.29, 0.717) is 31.0 Å². The van der Waals surface area contributed by atoms with Crippen molar-refractivity contribution in [3.63, 3.8) is 0 Å². The lowest BCUT2D eigenvalue weighted by atomic mass is 10.0. The first-order chi connectivity index (χ1) is 19.9.